The van der Waals surface area contributed by atoms with Gasteiger partial charge in [0.1, 0.15) is 13.2 Å². The Kier molecular flexibility index (Phi) is 9.23. The minimum absolute atomic E-state index is 0.00362. The largest absolute Gasteiger partial charge is 0.572 e. The molecule has 0 bridgehead atoms. The summed E-state index contributed by atoms with van der Waals surface area (Å²) in [5.74, 6) is 4.22. The van der Waals surface area contributed by atoms with E-state index in [0.29, 0.717) is 0 Å². The van der Waals surface area contributed by atoms with E-state index in [4.69, 9.17) is 30.3 Å². The molecule has 3 aromatic rings. The highest BCUT2D eigenvalue weighted by molar-refractivity contribution is 7.39. The molecule has 0 aromatic heterocycles. The van der Waals surface area contributed by atoms with Crippen LogP contribution in [0.3, 0.4) is 0 Å². The highest BCUT2D eigenvalue weighted by Crippen LogP contribution is 2.47. The van der Waals surface area contributed by atoms with Gasteiger partial charge in [0.2, 0.25) is 0 Å². The van der Waals surface area contributed by atoms with Gasteiger partial charge in [-0.05, 0) is 39.8 Å². The molecule has 4 rings (SSSR count). The molecule has 0 radical (unpaired) electrons. The van der Waals surface area contributed by atoms with Gasteiger partial charge in [0.15, 0.2) is 0 Å². The van der Waals surface area contributed by atoms with E-state index >= 15 is 0 Å². The number of hydrogen-bond donors (Lipinski definition) is 1. The van der Waals surface area contributed by atoms with Crippen molar-refractivity contribution in [3.63, 3.8) is 0 Å². The molecule has 0 saturated carbocycles. The first-order chi connectivity index (χ1) is 18.7. The Balaban J connectivity index is 1.52. The molecule has 1 N–H and O–H groups in total. The van der Waals surface area contributed by atoms with Crippen molar-refractivity contribution >= 4 is 31.4 Å². The lowest BCUT2D eigenvalue weighted by molar-refractivity contribution is -0.239. The second kappa shape index (κ2) is 12.6. The maximum absolute atomic E-state index is 14.3. The van der Waals surface area contributed by atoms with E-state index in [-0.39, 0.29) is 23.9 Å². The SMILES string of the molecule is O=C1Nc2ccc(Cl)cc2[C@@](C#CCOC(OCc2ccccc2)[P+](=O)OCc2ccccc2)(C(F)(F)F)O1. The van der Waals surface area contributed by atoms with Crippen molar-refractivity contribution in [2.75, 3.05) is 11.9 Å². The molecular weight excluding hydrogens is 558 g/mol. The molecule has 39 heavy (non-hydrogen) atoms. The first-order valence-electron chi connectivity index (χ1n) is 11.4. The first kappa shape index (κ1) is 28.6. The zero-order valence-corrected chi connectivity index (χ0v) is 21.8. The standard InChI is InChI=1S/C27H20ClF3NO6P/c28-21-12-13-23-22(16-21)26(27(29,30)31,38-24(33)32-23)14-7-15-35-25(36-17-19-8-3-1-4-9-19)39(34)37-18-20-10-5-2-6-11-20/h1-6,8-13,16,25H,15,17-18H2/p+1/t25?,26-/m0/s1. The van der Waals surface area contributed by atoms with E-state index in [1.165, 1.54) is 12.1 Å². The number of ether oxygens (including phenoxy) is 3. The van der Waals surface area contributed by atoms with E-state index in [1.807, 2.05) is 18.1 Å². The third kappa shape index (κ3) is 7.15. The number of anilines is 1. The van der Waals surface area contributed by atoms with E-state index < -0.39 is 44.1 Å². The normalized spacial score (nSPS) is 17.6. The molecule has 2 unspecified atom stereocenters. The number of halogens is 4. The summed E-state index contributed by atoms with van der Waals surface area (Å²) in [4.78, 5) is 12.0. The molecule has 1 heterocycles. The van der Waals surface area contributed by atoms with E-state index in [9.17, 15) is 22.5 Å². The molecule has 1 aliphatic heterocycles. The van der Waals surface area contributed by atoms with Gasteiger partial charge in [-0.3, -0.25) is 10.1 Å². The lowest BCUT2D eigenvalue weighted by Gasteiger charge is -2.35. The minimum atomic E-state index is -5.12. The average Bonchev–Trinajstić information content (AvgIpc) is 2.92. The number of cyclic esters (lactones) is 1. The molecular formula is C27H21ClF3NO6P+. The van der Waals surface area contributed by atoms with Crippen molar-refractivity contribution in [2.45, 2.75) is 31.0 Å². The van der Waals surface area contributed by atoms with Crippen molar-refractivity contribution in [2.24, 2.45) is 0 Å². The van der Waals surface area contributed by atoms with Crippen molar-refractivity contribution in [3.8, 4) is 11.8 Å². The van der Waals surface area contributed by atoms with Gasteiger partial charge in [-0.15, -0.1) is 4.52 Å². The van der Waals surface area contributed by atoms with Gasteiger partial charge in [-0.25, -0.2) is 4.79 Å². The summed E-state index contributed by atoms with van der Waals surface area (Å²) in [6.45, 7) is -0.655. The van der Waals surface area contributed by atoms with Crippen molar-refractivity contribution in [3.05, 3.63) is 101 Å². The fourth-order valence-electron chi connectivity index (χ4n) is 3.58. The highest BCUT2D eigenvalue weighted by Gasteiger charge is 2.62. The molecule has 3 atom stereocenters. The summed E-state index contributed by atoms with van der Waals surface area (Å²) in [5, 5.41) is 2.19. The van der Waals surface area contributed by atoms with Gasteiger partial charge in [0.25, 0.3) is 5.60 Å². The van der Waals surface area contributed by atoms with Crippen LogP contribution < -0.4 is 5.32 Å². The number of alkyl halides is 3. The van der Waals surface area contributed by atoms with Crippen LogP contribution in [0.5, 0.6) is 0 Å². The first-order valence-corrected chi connectivity index (χ1v) is 13.1. The van der Waals surface area contributed by atoms with Crippen LogP contribution in [-0.2, 0) is 42.1 Å². The molecule has 1 aliphatic rings. The highest BCUT2D eigenvalue weighted by atomic mass is 35.5. The lowest BCUT2D eigenvalue weighted by atomic mass is 9.90. The maximum Gasteiger partial charge on any atom is 0.572 e. The molecule has 12 heteroatoms. The number of carbonyl (C=O) groups excluding carboxylic acids is 1. The number of carbonyl (C=O) groups is 1. The van der Waals surface area contributed by atoms with Gasteiger partial charge in [-0.2, -0.15) is 13.2 Å². The summed E-state index contributed by atoms with van der Waals surface area (Å²) in [5.41, 5.74) is -2.44. The number of amides is 1. The summed E-state index contributed by atoms with van der Waals surface area (Å²) in [6.07, 6.45) is -6.46. The predicted molar refractivity (Wildman–Crippen MR) is 137 cm³/mol. The fourth-order valence-corrected chi connectivity index (χ4v) is 4.54. The van der Waals surface area contributed by atoms with Crippen molar-refractivity contribution in [1.29, 1.82) is 0 Å². The Morgan fingerprint density at radius 1 is 0.974 bits per heavy atom. The molecule has 0 spiro atoms. The third-order valence-electron chi connectivity index (χ3n) is 5.41. The van der Waals surface area contributed by atoms with Crippen LogP contribution in [0.1, 0.15) is 16.7 Å². The van der Waals surface area contributed by atoms with Gasteiger partial charge in [0.05, 0.1) is 12.3 Å². The van der Waals surface area contributed by atoms with Gasteiger partial charge in [-0.1, -0.05) is 78.2 Å². The summed E-state index contributed by atoms with van der Waals surface area (Å²) < 4.78 is 76.9. The van der Waals surface area contributed by atoms with Crippen LogP contribution >= 0.6 is 19.6 Å². The summed E-state index contributed by atoms with van der Waals surface area (Å²) in [7, 11) is -2.58. The van der Waals surface area contributed by atoms with E-state index in [2.05, 4.69) is 11.2 Å². The van der Waals surface area contributed by atoms with Crippen LogP contribution in [0.25, 0.3) is 0 Å². The summed E-state index contributed by atoms with van der Waals surface area (Å²) >= 11 is 5.92. The van der Waals surface area contributed by atoms with Gasteiger partial charge >= 0.3 is 26.3 Å². The molecule has 7 nitrogen and oxygen atoms in total. The Hall–Kier alpha value is -3.45. The van der Waals surface area contributed by atoms with E-state index in [0.717, 1.165) is 17.2 Å². The fraction of sp³-hybridized carbons (Fsp3) is 0.222. The molecule has 202 valence electrons. The van der Waals surface area contributed by atoms with Crippen LogP contribution in [0, 0.1) is 11.8 Å². The zero-order chi connectivity index (χ0) is 27.9. The second-order valence-electron chi connectivity index (χ2n) is 8.14. The zero-order valence-electron chi connectivity index (χ0n) is 20.1. The van der Waals surface area contributed by atoms with Crippen LogP contribution in [-0.4, -0.2) is 24.9 Å². The number of hydrogen-bond acceptors (Lipinski definition) is 6. The van der Waals surface area contributed by atoms with Crippen LogP contribution in [0.15, 0.2) is 78.9 Å². The number of benzene rings is 3. The monoisotopic (exact) mass is 578 g/mol. The smallest absolute Gasteiger partial charge is 0.415 e. The number of fused-ring (bicyclic) bond motifs is 1. The van der Waals surface area contributed by atoms with Gasteiger partial charge in [0, 0.05) is 10.6 Å². The molecule has 0 aliphatic carbocycles. The quantitative estimate of drug-likeness (QED) is 0.165. The second-order valence-corrected chi connectivity index (χ2v) is 9.83. The van der Waals surface area contributed by atoms with Crippen LogP contribution in [0.2, 0.25) is 5.02 Å². The molecule has 0 fully saturated rings. The van der Waals surface area contributed by atoms with Crippen molar-refractivity contribution in [1.82, 2.24) is 0 Å². The maximum atomic E-state index is 14.3. The van der Waals surface area contributed by atoms with Crippen molar-refractivity contribution < 1.29 is 41.3 Å². The predicted octanol–water partition coefficient (Wildman–Crippen LogP) is 7.14. The molecule has 0 saturated heterocycles. The Bertz CT molecular complexity index is 1380. The van der Waals surface area contributed by atoms with Gasteiger partial charge < -0.3 is 9.47 Å². The number of nitrogens with one attached hydrogen (secondary N) is 1. The van der Waals surface area contributed by atoms with Crippen LogP contribution in [0.4, 0.5) is 23.7 Å². The number of rotatable bonds is 9. The van der Waals surface area contributed by atoms with E-state index in [1.54, 1.807) is 48.5 Å². The lowest BCUT2D eigenvalue weighted by Crippen LogP contribution is -2.49. The minimum Gasteiger partial charge on any atom is -0.415 e. The Morgan fingerprint density at radius 2 is 1.62 bits per heavy atom. The average molecular weight is 579 g/mol. The Labute approximate surface area is 228 Å². The molecule has 1 amide bonds. The molecule has 3 aromatic carbocycles. The third-order valence-corrected chi connectivity index (χ3v) is 6.68. The topological polar surface area (TPSA) is 83.1 Å². The summed E-state index contributed by atoms with van der Waals surface area (Å²) in [6, 6.07) is 20.0. The Morgan fingerprint density at radius 3 is 2.26 bits per heavy atom.